The number of nitrogens with two attached hydrogens (primary N) is 1. The molecule has 2 amide bonds. The molecule has 0 saturated carbocycles. The van der Waals surface area contributed by atoms with Crippen molar-refractivity contribution in [2.24, 2.45) is 5.73 Å². The fourth-order valence-corrected chi connectivity index (χ4v) is 1.40. The summed E-state index contributed by atoms with van der Waals surface area (Å²) in [7, 11) is 1.43. The van der Waals surface area contributed by atoms with E-state index in [0.29, 0.717) is 5.75 Å². The molecule has 9 heteroatoms. The van der Waals surface area contributed by atoms with Gasteiger partial charge in [0.25, 0.3) is 11.7 Å². The van der Waals surface area contributed by atoms with Crippen LogP contribution in [0.3, 0.4) is 0 Å². The molecule has 0 saturated heterocycles. The lowest BCUT2D eigenvalue weighted by Gasteiger charge is -2.09. The summed E-state index contributed by atoms with van der Waals surface area (Å²) < 4.78 is 5.07. The molecule has 0 spiro atoms. The Morgan fingerprint density at radius 2 is 2.21 bits per heavy atom. The first-order valence-electron chi connectivity index (χ1n) is 5.14. The molecule has 0 radical (unpaired) electrons. The van der Waals surface area contributed by atoms with Crippen LogP contribution >= 0.6 is 0 Å². The van der Waals surface area contributed by atoms with E-state index in [1.54, 1.807) is 0 Å². The summed E-state index contributed by atoms with van der Waals surface area (Å²) >= 11 is 0. The molecule has 0 unspecified atom stereocenters. The highest BCUT2D eigenvalue weighted by atomic mass is 16.5. The number of amides is 2. The molecule has 1 aromatic heterocycles. The first-order chi connectivity index (χ1) is 9.11. The summed E-state index contributed by atoms with van der Waals surface area (Å²) in [5.74, 6) is -0.959. The third-order valence-corrected chi connectivity index (χ3v) is 2.28. The average Bonchev–Trinajstić information content (AvgIpc) is 2.92. The Kier molecular flexibility index (Phi) is 3.37. The smallest absolute Gasteiger partial charge is 0.297 e. The molecule has 4 N–H and O–H groups in total. The number of carbonyl (C=O) groups is 2. The van der Waals surface area contributed by atoms with Crippen LogP contribution in [0.25, 0.3) is 0 Å². The van der Waals surface area contributed by atoms with Gasteiger partial charge in [-0.2, -0.15) is 5.21 Å². The molecule has 0 aliphatic rings. The second-order valence-corrected chi connectivity index (χ2v) is 3.47. The van der Waals surface area contributed by atoms with Crippen molar-refractivity contribution in [1.82, 2.24) is 20.6 Å². The molecule has 0 fully saturated rings. The van der Waals surface area contributed by atoms with Crippen molar-refractivity contribution in [3.8, 4) is 5.75 Å². The quantitative estimate of drug-likeness (QED) is 0.683. The van der Waals surface area contributed by atoms with Crippen molar-refractivity contribution in [2.45, 2.75) is 0 Å². The summed E-state index contributed by atoms with van der Waals surface area (Å²) in [4.78, 5) is 22.9. The first kappa shape index (κ1) is 12.5. The van der Waals surface area contributed by atoms with Gasteiger partial charge >= 0.3 is 0 Å². The lowest BCUT2D eigenvalue weighted by molar-refractivity contribution is 0.0994. The Morgan fingerprint density at radius 1 is 1.42 bits per heavy atom. The van der Waals surface area contributed by atoms with E-state index < -0.39 is 11.8 Å². The SMILES string of the molecule is COc1ccc(C(N)=O)cc1NC(=O)c1nn[nH]n1. The largest absolute Gasteiger partial charge is 0.495 e. The number of ether oxygens (including phenoxy) is 1. The number of H-pyrrole nitrogens is 1. The van der Waals surface area contributed by atoms with Gasteiger partial charge < -0.3 is 15.8 Å². The lowest BCUT2D eigenvalue weighted by atomic mass is 10.1. The minimum Gasteiger partial charge on any atom is -0.495 e. The zero-order chi connectivity index (χ0) is 13.8. The van der Waals surface area contributed by atoms with Gasteiger partial charge in [-0.1, -0.05) is 0 Å². The number of anilines is 1. The van der Waals surface area contributed by atoms with Crippen molar-refractivity contribution in [3.63, 3.8) is 0 Å². The number of rotatable bonds is 4. The van der Waals surface area contributed by atoms with Crippen LogP contribution in [0, 0.1) is 0 Å². The molecule has 9 nitrogen and oxygen atoms in total. The zero-order valence-electron chi connectivity index (χ0n) is 9.88. The van der Waals surface area contributed by atoms with Gasteiger partial charge in [-0.05, 0) is 23.4 Å². The van der Waals surface area contributed by atoms with E-state index in [9.17, 15) is 9.59 Å². The van der Waals surface area contributed by atoms with Crippen molar-refractivity contribution < 1.29 is 14.3 Å². The predicted molar refractivity (Wildman–Crippen MR) is 63.6 cm³/mol. The highest BCUT2D eigenvalue weighted by Gasteiger charge is 2.15. The zero-order valence-corrected chi connectivity index (χ0v) is 9.88. The van der Waals surface area contributed by atoms with Gasteiger partial charge in [0.05, 0.1) is 12.8 Å². The van der Waals surface area contributed by atoms with Crippen molar-refractivity contribution in [1.29, 1.82) is 0 Å². The van der Waals surface area contributed by atoms with Gasteiger partial charge in [-0.25, -0.2) is 0 Å². The predicted octanol–water partition coefficient (Wildman–Crippen LogP) is -0.441. The monoisotopic (exact) mass is 262 g/mol. The third-order valence-electron chi connectivity index (χ3n) is 2.28. The number of primary amides is 1. The maximum atomic E-state index is 11.8. The normalized spacial score (nSPS) is 9.95. The summed E-state index contributed by atoms with van der Waals surface area (Å²) in [5.41, 5.74) is 5.69. The molecule has 0 aliphatic carbocycles. The van der Waals surface area contributed by atoms with Crippen molar-refractivity contribution in [2.75, 3.05) is 12.4 Å². The summed E-state index contributed by atoms with van der Waals surface area (Å²) in [5, 5.41) is 15.0. The fraction of sp³-hybridized carbons (Fsp3) is 0.100. The maximum Gasteiger partial charge on any atom is 0.297 e. The number of benzene rings is 1. The second kappa shape index (κ2) is 5.12. The van der Waals surface area contributed by atoms with Crippen LogP contribution in [0.5, 0.6) is 5.75 Å². The van der Waals surface area contributed by atoms with Crippen LogP contribution in [0.4, 0.5) is 5.69 Å². The van der Waals surface area contributed by atoms with Crippen molar-refractivity contribution in [3.05, 3.63) is 29.6 Å². The van der Waals surface area contributed by atoms with Crippen LogP contribution in [0.15, 0.2) is 18.2 Å². The number of nitrogens with one attached hydrogen (secondary N) is 2. The average molecular weight is 262 g/mol. The Bertz CT molecular complexity index is 610. The van der Waals surface area contributed by atoms with E-state index in [1.165, 1.54) is 25.3 Å². The minimum atomic E-state index is -0.613. The molecule has 2 rings (SSSR count). The van der Waals surface area contributed by atoms with Gasteiger partial charge in [-0.15, -0.1) is 10.2 Å². The number of aromatic amines is 1. The van der Waals surface area contributed by atoms with E-state index in [0.717, 1.165) is 0 Å². The summed E-state index contributed by atoms with van der Waals surface area (Å²) in [6, 6.07) is 4.41. The second-order valence-electron chi connectivity index (χ2n) is 3.47. The van der Waals surface area contributed by atoms with Gasteiger partial charge in [0.2, 0.25) is 5.91 Å². The number of methoxy groups -OCH3 is 1. The van der Waals surface area contributed by atoms with E-state index >= 15 is 0 Å². The lowest BCUT2D eigenvalue weighted by Crippen LogP contribution is -2.16. The number of tetrazole rings is 1. The van der Waals surface area contributed by atoms with Crippen LogP contribution in [-0.4, -0.2) is 39.5 Å². The standard InChI is InChI=1S/C10H10N6O3/c1-19-7-3-2-5(8(11)17)4-6(7)12-10(18)9-13-15-16-14-9/h2-4H,1H3,(H2,11,17)(H,12,18)(H,13,14,15,16). The highest BCUT2D eigenvalue weighted by Crippen LogP contribution is 2.25. The van der Waals surface area contributed by atoms with E-state index in [2.05, 4.69) is 25.9 Å². The van der Waals surface area contributed by atoms with E-state index in [1.807, 2.05) is 0 Å². The molecular weight excluding hydrogens is 252 g/mol. The first-order valence-corrected chi connectivity index (χ1v) is 5.14. The molecule has 1 heterocycles. The topological polar surface area (TPSA) is 136 Å². The third kappa shape index (κ3) is 2.65. The molecule has 0 aliphatic heterocycles. The molecule has 0 bridgehead atoms. The summed E-state index contributed by atoms with van der Waals surface area (Å²) in [6.45, 7) is 0. The van der Waals surface area contributed by atoms with Crippen LogP contribution in [-0.2, 0) is 0 Å². The minimum absolute atomic E-state index is 0.133. The molecule has 19 heavy (non-hydrogen) atoms. The Morgan fingerprint density at radius 3 is 2.79 bits per heavy atom. The number of carbonyl (C=O) groups excluding carboxylic acids is 2. The van der Waals surface area contributed by atoms with Gasteiger partial charge in [0.15, 0.2) is 0 Å². The van der Waals surface area contributed by atoms with Gasteiger partial charge in [0.1, 0.15) is 5.75 Å². The Balaban J connectivity index is 2.30. The van der Waals surface area contributed by atoms with Crippen LogP contribution in [0.1, 0.15) is 21.0 Å². The van der Waals surface area contributed by atoms with Gasteiger partial charge in [0, 0.05) is 5.56 Å². The number of hydrogen-bond donors (Lipinski definition) is 3. The number of nitrogens with zero attached hydrogens (tertiary/aromatic N) is 3. The molecule has 1 aromatic carbocycles. The summed E-state index contributed by atoms with van der Waals surface area (Å²) in [6.07, 6.45) is 0. The molecule has 2 aromatic rings. The maximum absolute atomic E-state index is 11.8. The van der Waals surface area contributed by atoms with Crippen LogP contribution in [0.2, 0.25) is 0 Å². The fourth-order valence-electron chi connectivity index (χ4n) is 1.40. The van der Waals surface area contributed by atoms with Gasteiger partial charge in [-0.3, -0.25) is 9.59 Å². The van der Waals surface area contributed by atoms with Crippen molar-refractivity contribution >= 4 is 17.5 Å². The number of aromatic nitrogens is 4. The van der Waals surface area contributed by atoms with Crippen LogP contribution < -0.4 is 15.8 Å². The number of hydrogen-bond acceptors (Lipinski definition) is 6. The Hall–Kier alpha value is -2.97. The van der Waals surface area contributed by atoms with E-state index in [4.69, 9.17) is 10.5 Å². The Labute approximate surface area is 107 Å². The molecule has 98 valence electrons. The molecular formula is C10H10N6O3. The molecule has 0 atom stereocenters. The highest BCUT2D eigenvalue weighted by molar-refractivity contribution is 6.03. The van der Waals surface area contributed by atoms with E-state index in [-0.39, 0.29) is 17.1 Å².